The molecule has 1 rings (SSSR count). The normalized spacial score (nSPS) is 13.9. The number of hydrogen-bond donors (Lipinski definition) is 1. The summed E-state index contributed by atoms with van der Waals surface area (Å²) >= 11 is 0. The zero-order valence-corrected chi connectivity index (χ0v) is 25.2. The summed E-state index contributed by atoms with van der Waals surface area (Å²) in [5, 5.41) is 8.47. The van der Waals surface area contributed by atoms with Gasteiger partial charge in [-0.2, -0.15) is 5.26 Å². The molecule has 40 heavy (non-hydrogen) atoms. The summed E-state index contributed by atoms with van der Waals surface area (Å²) in [7, 11) is 4.10. The molecule has 0 radical (unpaired) electrons. The lowest BCUT2D eigenvalue weighted by Gasteiger charge is -2.35. The fourth-order valence-corrected chi connectivity index (χ4v) is 4.29. The largest absolute Gasteiger partial charge is 0.469 e. The van der Waals surface area contributed by atoms with Crippen LogP contribution in [0.3, 0.4) is 0 Å². The van der Waals surface area contributed by atoms with Crippen molar-refractivity contribution in [1.29, 1.82) is 0 Å². The third-order valence-corrected chi connectivity index (χ3v) is 6.68. The molecule has 0 aromatic carbocycles. The van der Waals surface area contributed by atoms with Crippen LogP contribution in [0.15, 0.2) is 0 Å². The second-order valence-corrected chi connectivity index (χ2v) is 9.27. The van der Waals surface area contributed by atoms with Crippen molar-refractivity contribution < 1.29 is 43.5 Å². The van der Waals surface area contributed by atoms with E-state index in [9.17, 15) is 19.2 Å². The fourth-order valence-electron chi connectivity index (χ4n) is 4.29. The maximum absolute atomic E-state index is 11.5. The van der Waals surface area contributed by atoms with Crippen molar-refractivity contribution in [3.63, 3.8) is 0 Å². The molecule has 0 spiro atoms. The van der Waals surface area contributed by atoms with Crippen molar-refractivity contribution in [3.8, 4) is 0 Å². The molecule has 1 fully saturated rings. The Balaban J connectivity index is 0.00000742. The monoisotopic (exact) mass is 576 g/mol. The third kappa shape index (κ3) is 18.9. The molecule has 0 aliphatic carbocycles. The first-order valence-electron chi connectivity index (χ1n) is 14.2. The minimum atomic E-state index is -0.695. The Morgan fingerprint density at radius 3 is 1.15 bits per heavy atom. The van der Waals surface area contributed by atoms with E-state index in [1.807, 2.05) is 18.7 Å². The molecule has 0 unspecified atom stereocenters. The Morgan fingerprint density at radius 2 is 0.875 bits per heavy atom. The molecule has 1 heterocycles. The predicted molar refractivity (Wildman–Crippen MR) is 150 cm³/mol. The van der Waals surface area contributed by atoms with Crippen LogP contribution in [-0.2, 0) is 38.3 Å². The highest BCUT2D eigenvalue weighted by Crippen LogP contribution is 2.07. The molecule has 0 saturated carbocycles. The van der Waals surface area contributed by atoms with E-state index < -0.39 is 5.97 Å². The number of nitrogens with zero attached hydrogens (tertiary/aromatic N) is 4. The molecule has 0 bridgehead atoms. The number of methoxy groups -OCH3 is 3. The molecular formula is C27H52N4O9. The van der Waals surface area contributed by atoms with Gasteiger partial charge in [-0.15, -0.1) is 0 Å². The average Bonchev–Trinajstić information content (AvgIpc) is 2.99. The average molecular weight is 577 g/mol. The second kappa shape index (κ2) is 24.5. The zero-order chi connectivity index (χ0) is 30.2. The van der Waals surface area contributed by atoms with Gasteiger partial charge in [0.25, 0.3) is 0 Å². The number of carbonyl (C=O) groups excluding carboxylic acids is 4. The summed E-state index contributed by atoms with van der Waals surface area (Å²) < 4.78 is 14.2. The van der Waals surface area contributed by atoms with Crippen molar-refractivity contribution in [2.24, 2.45) is 0 Å². The van der Waals surface area contributed by atoms with E-state index in [0.29, 0.717) is 39.0 Å². The van der Waals surface area contributed by atoms with Crippen molar-refractivity contribution in [2.45, 2.75) is 52.4 Å². The Labute approximate surface area is 239 Å². The van der Waals surface area contributed by atoms with E-state index >= 15 is 0 Å². The molecule has 0 atom stereocenters. The van der Waals surface area contributed by atoms with Gasteiger partial charge in [0.15, 0.2) is 0 Å². The topological polar surface area (TPSA) is 138 Å². The van der Waals surface area contributed by atoms with Crippen molar-refractivity contribution >= 4 is 23.9 Å². The minimum Gasteiger partial charge on any atom is -0.469 e. The minimum absolute atomic E-state index is 0.0547. The molecule has 1 saturated heterocycles. The first-order chi connectivity index (χ1) is 19.3. The van der Waals surface area contributed by atoms with Crippen LogP contribution >= 0.6 is 0 Å². The summed E-state index contributed by atoms with van der Waals surface area (Å²) in [4.78, 5) is 58.5. The molecule has 1 aliphatic heterocycles. The lowest BCUT2D eigenvalue weighted by molar-refractivity contribution is -0.234. The van der Waals surface area contributed by atoms with Gasteiger partial charge < -0.3 is 38.7 Å². The van der Waals surface area contributed by atoms with Crippen molar-refractivity contribution in [2.75, 3.05) is 99.9 Å². The Kier molecular flexibility index (Phi) is 23.1. The fraction of sp³-hybridized carbons (Fsp3) is 0.852. The standard InChI is InChI=1S/C25H46N4O9.C2H6/c1-35-22(30)6-14-26(15-7-23(31)36-2)10-4-12-28-18-20-29(21-19-28)13-5-11-27(16-8-24(32)37-3)17-9-25(33)38-34;1-2/h34H,4-21H2,1-3H3;1-2H3. The highest BCUT2D eigenvalue weighted by atomic mass is 17.1. The number of ether oxygens (including phenoxy) is 3. The van der Waals surface area contributed by atoms with Crippen LogP contribution in [-0.4, -0.2) is 149 Å². The van der Waals surface area contributed by atoms with Crippen LogP contribution < -0.4 is 0 Å². The van der Waals surface area contributed by atoms with Gasteiger partial charge in [0, 0.05) is 52.4 Å². The van der Waals surface area contributed by atoms with Crippen LogP contribution in [0.1, 0.15) is 52.4 Å². The molecule has 13 nitrogen and oxygen atoms in total. The highest BCUT2D eigenvalue weighted by molar-refractivity contribution is 5.70. The van der Waals surface area contributed by atoms with Gasteiger partial charge in [-0.05, 0) is 39.0 Å². The van der Waals surface area contributed by atoms with E-state index in [4.69, 9.17) is 19.5 Å². The number of hydrogen-bond acceptors (Lipinski definition) is 13. The Hall–Kier alpha value is -2.32. The summed E-state index contributed by atoms with van der Waals surface area (Å²) in [5.74, 6) is -1.52. The molecule has 13 heteroatoms. The van der Waals surface area contributed by atoms with Gasteiger partial charge in [-0.1, -0.05) is 13.8 Å². The second-order valence-electron chi connectivity index (χ2n) is 9.27. The lowest BCUT2D eigenvalue weighted by atomic mass is 10.2. The summed E-state index contributed by atoms with van der Waals surface area (Å²) in [6.45, 7) is 13.2. The molecule has 0 aromatic rings. The molecule has 0 amide bonds. The third-order valence-electron chi connectivity index (χ3n) is 6.68. The first kappa shape index (κ1) is 37.7. The summed E-state index contributed by atoms with van der Waals surface area (Å²) in [6.07, 6.45) is 2.72. The van der Waals surface area contributed by atoms with Gasteiger partial charge in [0.2, 0.25) is 0 Å². The molecule has 1 aliphatic rings. The smallest absolute Gasteiger partial charge is 0.343 e. The van der Waals surface area contributed by atoms with Gasteiger partial charge in [-0.25, -0.2) is 4.79 Å². The van der Waals surface area contributed by atoms with Crippen LogP contribution in [0.2, 0.25) is 0 Å². The van der Waals surface area contributed by atoms with Gasteiger partial charge >= 0.3 is 23.9 Å². The Bertz CT molecular complexity index is 605. The molecule has 0 aromatic heterocycles. The van der Waals surface area contributed by atoms with E-state index in [0.717, 1.165) is 65.2 Å². The SMILES string of the molecule is CC.COC(=O)CCN(CCCN1CCN(CCCN(CCC(=O)OC)CCC(=O)OO)CC1)CCC(=O)OC. The lowest BCUT2D eigenvalue weighted by Crippen LogP contribution is -2.47. The summed E-state index contributed by atoms with van der Waals surface area (Å²) in [5.41, 5.74) is 0. The molecule has 1 N–H and O–H groups in total. The van der Waals surface area contributed by atoms with E-state index in [1.54, 1.807) is 0 Å². The predicted octanol–water partition coefficient (Wildman–Crippen LogP) is 1.11. The van der Waals surface area contributed by atoms with Gasteiger partial charge in [0.1, 0.15) is 0 Å². The van der Waals surface area contributed by atoms with Crippen LogP contribution in [0.5, 0.6) is 0 Å². The van der Waals surface area contributed by atoms with Gasteiger partial charge in [0.05, 0.1) is 47.0 Å². The first-order valence-corrected chi connectivity index (χ1v) is 14.2. The quantitative estimate of drug-likeness (QED) is 0.0959. The zero-order valence-electron chi connectivity index (χ0n) is 25.2. The van der Waals surface area contributed by atoms with E-state index in [2.05, 4.69) is 19.6 Å². The summed E-state index contributed by atoms with van der Waals surface area (Å²) in [6, 6.07) is 0. The van der Waals surface area contributed by atoms with E-state index in [1.165, 1.54) is 21.3 Å². The maximum Gasteiger partial charge on any atom is 0.343 e. The highest BCUT2D eigenvalue weighted by Gasteiger charge is 2.18. The van der Waals surface area contributed by atoms with E-state index in [-0.39, 0.29) is 30.7 Å². The van der Waals surface area contributed by atoms with Crippen LogP contribution in [0.25, 0.3) is 0 Å². The number of piperazine rings is 1. The van der Waals surface area contributed by atoms with Crippen LogP contribution in [0, 0.1) is 0 Å². The molecule has 234 valence electrons. The molecular weight excluding hydrogens is 524 g/mol. The number of rotatable bonds is 20. The van der Waals surface area contributed by atoms with Gasteiger partial charge in [-0.3, -0.25) is 14.4 Å². The maximum atomic E-state index is 11.5. The number of esters is 3. The van der Waals surface area contributed by atoms with Crippen molar-refractivity contribution in [3.05, 3.63) is 0 Å². The Morgan fingerprint density at radius 1 is 0.575 bits per heavy atom. The van der Waals surface area contributed by atoms with Crippen LogP contribution in [0.4, 0.5) is 0 Å². The number of carbonyl (C=O) groups is 4. The van der Waals surface area contributed by atoms with Crippen molar-refractivity contribution in [1.82, 2.24) is 19.6 Å².